The summed E-state index contributed by atoms with van der Waals surface area (Å²) in [5.41, 5.74) is 8.27. The van der Waals surface area contributed by atoms with Gasteiger partial charge in [0.05, 0.1) is 0 Å². The Bertz CT molecular complexity index is 1390. The van der Waals surface area contributed by atoms with Crippen molar-refractivity contribution >= 4 is 17.7 Å². The summed E-state index contributed by atoms with van der Waals surface area (Å²) in [6, 6.07) is 17.6. The van der Waals surface area contributed by atoms with Gasteiger partial charge >= 0.3 is 0 Å². The Labute approximate surface area is 229 Å². The maximum absolute atomic E-state index is 14.9. The highest BCUT2D eigenvalue weighted by molar-refractivity contribution is 6.05. The van der Waals surface area contributed by atoms with Crippen molar-refractivity contribution in [1.82, 2.24) is 10.2 Å². The van der Waals surface area contributed by atoms with Crippen LogP contribution in [0.2, 0.25) is 0 Å². The standard InChI is InChI=1S/C32H36FN3O3/c1-20-26(17-23(29(34)37)18-28(20)33)25-13-10-22(30(38)35-19-32(2,3)4)16-27(25)31(39)36(24-11-12-24)15-14-21-8-6-5-7-9-21/h5-10,13,16-18,24H,11-12,14-15,19H2,1-4H3,(H2,34,37)(H,35,38). The summed E-state index contributed by atoms with van der Waals surface area (Å²) in [6.45, 7) is 8.65. The molecule has 0 radical (unpaired) electrons. The monoisotopic (exact) mass is 529 g/mol. The van der Waals surface area contributed by atoms with E-state index in [0.717, 1.165) is 24.5 Å². The van der Waals surface area contributed by atoms with E-state index in [1.54, 1.807) is 25.1 Å². The molecule has 0 saturated heterocycles. The van der Waals surface area contributed by atoms with Crippen LogP contribution in [0.25, 0.3) is 11.1 Å². The Kier molecular flexibility index (Phi) is 8.19. The highest BCUT2D eigenvalue weighted by Crippen LogP contribution is 2.34. The smallest absolute Gasteiger partial charge is 0.254 e. The number of benzene rings is 3. The molecule has 3 aromatic rings. The fourth-order valence-corrected chi connectivity index (χ4v) is 4.53. The topological polar surface area (TPSA) is 92.5 Å². The molecule has 1 aliphatic rings. The Morgan fingerprint density at radius 3 is 2.28 bits per heavy atom. The van der Waals surface area contributed by atoms with Gasteiger partial charge in [-0.25, -0.2) is 4.39 Å². The Balaban J connectivity index is 1.77. The van der Waals surface area contributed by atoms with Crippen LogP contribution in [0.5, 0.6) is 0 Å². The molecule has 1 fully saturated rings. The predicted molar refractivity (Wildman–Crippen MR) is 151 cm³/mol. The highest BCUT2D eigenvalue weighted by Gasteiger charge is 2.34. The Hall–Kier alpha value is -4.00. The largest absolute Gasteiger partial charge is 0.366 e. The van der Waals surface area contributed by atoms with Crippen LogP contribution in [0.15, 0.2) is 60.7 Å². The van der Waals surface area contributed by atoms with Crippen molar-refractivity contribution < 1.29 is 18.8 Å². The van der Waals surface area contributed by atoms with Gasteiger partial charge in [0, 0.05) is 35.8 Å². The molecule has 0 aromatic heterocycles. The maximum atomic E-state index is 14.9. The van der Waals surface area contributed by atoms with Crippen molar-refractivity contribution in [2.45, 2.75) is 53.0 Å². The fourth-order valence-electron chi connectivity index (χ4n) is 4.53. The Morgan fingerprint density at radius 1 is 0.974 bits per heavy atom. The van der Waals surface area contributed by atoms with Gasteiger partial charge in [-0.05, 0) is 78.1 Å². The summed E-state index contributed by atoms with van der Waals surface area (Å²) in [4.78, 5) is 41.0. The molecule has 3 N–H and O–H groups in total. The van der Waals surface area contributed by atoms with E-state index in [9.17, 15) is 18.8 Å². The van der Waals surface area contributed by atoms with Gasteiger partial charge < -0.3 is 16.0 Å². The van der Waals surface area contributed by atoms with Gasteiger partial charge in [-0.2, -0.15) is 0 Å². The third-order valence-electron chi connectivity index (χ3n) is 6.94. The average molecular weight is 530 g/mol. The molecule has 3 amide bonds. The van der Waals surface area contributed by atoms with Gasteiger partial charge in [-0.3, -0.25) is 14.4 Å². The molecular weight excluding hydrogens is 493 g/mol. The number of hydrogen-bond acceptors (Lipinski definition) is 3. The summed E-state index contributed by atoms with van der Waals surface area (Å²) in [5.74, 6) is -1.86. The van der Waals surface area contributed by atoms with Crippen LogP contribution in [-0.2, 0) is 6.42 Å². The first kappa shape index (κ1) is 28.0. The van der Waals surface area contributed by atoms with Gasteiger partial charge in [-0.15, -0.1) is 0 Å². The van der Waals surface area contributed by atoms with Gasteiger partial charge in [0.25, 0.3) is 11.8 Å². The van der Waals surface area contributed by atoms with Crippen molar-refractivity contribution in [1.29, 1.82) is 0 Å². The fraction of sp³-hybridized carbons (Fsp3) is 0.344. The summed E-state index contributed by atoms with van der Waals surface area (Å²) < 4.78 is 14.9. The quantitative estimate of drug-likeness (QED) is 0.382. The zero-order valence-electron chi connectivity index (χ0n) is 23.0. The molecule has 6 nitrogen and oxygen atoms in total. The van der Waals surface area contributed by atoms with Crippen molar-refractivity contribution in [2.24, 2.45) is 11.1 Å². The summed E-state index contributed by atoms with van der Waals surface area (Å²) in [5, 5.41) is 2.93. The number of nitrogens with one attached hydrogen (secondary N) is 1. The zero-order chi connectivity index (χ0) is 28.3. The van der Waals surface area contributed by atoms with Crippen LogP contribution >= 0.6 is 0 Å². The second-order valence-corrected chi connectivity index (χ2v) is 11.5. The van der Waals surface area contributed by atoms with Crippen LogP contribution in [-0.4, -0.2) is 41.8 Å². The number of nitrogens with zero attached hydrogens (tertiary/aromatic N) is 1. The van der Waals surface area contributed by atoms with E-state index in [1.165, 1.54) is 6.07 Å². The van der Waals surface area contributed by atoms with Crippen molar-refractivity contribution in [3.63, 3.8) is 0 Å². The molecule has 0 aliphatic heterocycles. The Morgan fingerprint density at radius 2 is 1.67 bits per heavy atom. The minimum atomic E-state index is -0.760. The van der Waals surface area contributed by atoms with E-state index in [2.05, 4.69) is 5.32 Å². The lowest BCUT2D eigenvalue weighted by molar-refractivity contribution is 0.0745. The molecule has 0 atom stereocenters. The van der Waals surface area contributed by atoms with Crippen molar-refractivity contribution in [3.8, 4) is 11.1 Å². The highest BCUT2D eigenvalue weighted by atomic mass is 19.1. The van der Waals surface area contributed by atoms with Crippen LogP contribution < -0.4 is 11.1 Å². The van der Waals surface area contributed by atoms with E-state index in [1.807, 2.05) is 56.0 Å². The number of amides is 3. The minimum Gasteiger partial charge on any atom is -0.366 e. The molecule has 0 heterocycles. The van der Waals surface area contributed by atoms with Crippen LogP contribution in [0.1, 0.15) is 75.8 Å². The van der Waals surface area contributed by atoms with Crippen LogP contribution in [0.4, 0.5) is 4.39 Å². The lowest BCUT2D eigenvalue weighted by Crippen LogP contribution is -2.36. The van der Waals surface area contributed by atoms with Crippen molar-refractivity contribution in [2.75, 3.05) is 13.1 Å². The van der Waals surface area contributed by atoms with E-state index in [-0.39, 0.29) is 28.8 Å². The summed E-state index contributed by atoms with van der Waals surface area (Å²) in [6.07, 6.45) is 2.51. The van der Waals surface area contributed by atoms with E-state index in [0.29, 0.717) is 47.3 Å². The van der Waals surface area contributed by atoms with Crippen LogP contribution in [0, 0.1) is 18.2 Å². The third-order valence-corrected chi connectivity index (χ3v) is 6.94. The first-order chi connectivity index (χ1) is 18.4. The second kappa shape index (κ2) is 11.4. The molecule has 4 rings (SSSR count). The summed E-state index contributed by atoms with van der Waals surface area (Å²) in [7, 11) is 0. The number of carbonyl (C=O) groups excluding carboxylic acids is 3. The lowest BCUT2D eigenvalue weighted by Gasteiger charge is -2.25. The van der Waals surface area contributed by atoms with E-state index >= 15 is 0 Å². The number of halogens is 1. The molecule has 0 bridgehead atoms. The minimum absolute atomic E-state index is 0.0154. The molecule has 0 unspecified atom stereocenters. The van der Waals surface area contributed by atoms with Gasteiger partial charge in [0.1, 0.15) is 5.82 Å². The molecular formula is C32H36FN3O3. The van der Waals surface area contributed by atoms with E-state index < -0.39 is 11.7 Å². The van der Waals surface area contributed by atoms with Crippen molar-refractivity contribution in [3.05, 3.63) is 94.3 Å². The molecule has 0 spiro atoms. The van der Waals surface area contributed by atoms with Crippen LogP contribution in [0.3, 0.4) is 0 Å². The number of nitrogens with two attached hydrogens (primary N) is 1. The molecule has 1 saturated carbocycles. The number of primary amides is 1. The number of carbonyl (C=O) groups is 3. The third kappa shape index (κ3) is 6.91. The van der Waals surface area contributed by atoms with Gasteiger partial charge in [0.2, 0.25) is 5.91 Å². The van der Waals surface area contributed by atoms with Gasteiger partial charge in [0.15, 0.2) is 0 Å². The molecule has 204 valence electrons. The summed E-state index contributed by atoms with van der Waals surface area (Å²) >= 11 is 0. The molecule has 7 heteroatoms. The molecule has 1 aliphatic carbocycles. The normalized spacial score (nSPS) is 13.2. The number of rotatable bonds is 9. The zero-order valence-corrected chi connectivity index (χ0v) is 23.0. The predicted octanol–water partition coefficient (Wildman–Crippen LogP) is 5.52. The lowest BCUT2D eigenvalue weighted by atomic mass is 9.91. The van der Waals surface area contributed by atoms with E-state index in [4.69, 9.17) is 5.73 Å². The maximum Gasteiger partial charge on any atom is 0.254 e. The molecule has 39 heavy (non-hydrogen) atoms. The SMILES string of the molecule is Cc1c(F)cc(C(N)=O)cc1-c1ccc(C(=O)NCC(C)(C)C)cc1C(=O)N(CCc1ccccc1)C1CC1. The first-order valence-corrected chi connectivity index (χ1v) is 13.3. The number of hydrogen-bond donors (Lipinski definition) is 2. The van der Waals surface area contributed by atoms with Gasteiger partial charge in [-0.1, -0.05) is 57.2 Å². The first-order valence-electron chi connectivity index (χ1n) is 13.3. The second-order valence-electron chi connectivity index (χ2n) is 11.5. The molecule has 3 aromatic carbocycles. The average Bonchev–Trinajstić information content (AvgIpc) is 3.74.